The van der Waals surface area contributed by atoms with Gasteiger partial charge in [-0.05, 0) is 49.3 Å². The third-order valence-corrected chi connectivity index (χ3v) is 5.26. The molecule has 0 heterocycles. The predicted molar refractivity (Wildman–Crippen MR) is 97.6 cm³/mol. The maximum Gasteiger partial charge on any atom is 0.309 e. The van der Waals surface area contributed by atoms with E-state index >= 15 is 0 Å². The van der Waals surface area contributed by atoms with Crippen LogP contribution in [0.1, 0.15) is 76.8 Å². The van der Waals surface area contributed by atoms with Crippen molar-refractivity contribution >= 4 is 10.1 Å². The van der Waals surface area contributed by atoms with Gasteiger partial charge in [-0.1, -0.05) is 58.6 Å². The Balaban J connectivity index is 2.89. The van der Waals surface area contributed by atoms with Crippen molar-refractivity contribution in [3.05, 3.63) is 29.3 Å². The third kappa shape index (κ3) is 7.87. The van der Waals surface area contributed by atoms with Crippen LogP contribution >= 0.6 is 0 Å². The van der Waals surface area contributed by atoms with E-state index in [0.717, 1.165) is 37.7 Å². The summed E-state index contributed by atoms with van der Waals surface area (Å²) in [6.07, 6.45) is 9.50. The number of hydrogen-bond donors (Lipinski definition) is 0. The van der Waals surface area contributed by atoms with Crippen LogP contribution in [0.3, 0.4) is 0 Å². The molecule has 0 atom stereocenters. The Morgan fingerprint density at radius 2 is 1.52 bits per heavy atom. The van der Waals surface area contributed by atoms with Crippen LogP contribution in [0, 0.1) is 0 Å². The fourth-order valence-electron chi connectivity index (χ4n) is 2.64. The summed E-state index contributed by atoms with van der Waals surface area (Å²) in [6.45, 7) is 6.22. The van der Waals surface area contributed by atoms with Gasteiger partial charge in [0.2, 0.25) is 0 Å². The highest BCUT2D eigenvalue weighted by molar-refractivity contribution is 7.87. The molecule has 1 rings (SSSR count). The zero-order chi connectivity index (χ0) is 17.1. The molecular formula is C19H32O3S. The minimum atomic E-state index is -3.47. The molecule has 1 aromatic rings. The Labute approximate surface area is 142 Å². The number of hydrogen-bond acceptors (Lipinski definition) is 3. The second-order valence-corrected chi connectivity index (χ2v) is 7.89. The minimum absolute atomic E-state index is 0.0691. The Kier molecular flexibility index (Phi) is 9.30. The average Bonchev–Trinajstić information content (AvgIpc) is 2.50. The summed E-state index contributed by atoms with van der Waals surface area (Å²) in [5.41, 5.74) is 2.32. The molecule has 0 bridgehead atoms. The van der Waals surface area contributed by atoms with Crippen molar-refractivity contribution in [3.8, 4) is 5.75 Å². The molecule has 0 amide bonds. The van der Waals surface area contributed by atoms with Gasteiger partial charge in [-0.2, -0.15) is 8.42 Å². The topological polar surface area (TPSA) is 43.4 Å². The molecule has 0 fully saturated rings. The highest BCUT2D eigenvalue weighted by atomic mass is 32.2. The van der Waals surface area contributed by atoms with Crippen molar-refractivity contribution in [1.82, 2.24) is 0 Å². The van der Waals surface area contributed by atoms with Crippen molar-refractivity contribution in [2.24, 2.45) is 0 Å². The molecule has 23 heavy (non-hydrogen) atoms. The second-order valence-electron chi connectivity index (χ2n) is 6.20. The molecule has 132 valence electrons. The Morgan fingerprint density at radius 3 is 2.13 bits per heavy atom. The van der Waals surface area contributed by atoms with E-state index in [0.29, 0.717) is 12.2 Å². The molecule has 0 radical (unpaired) electrons. The van der Waals surface area contributed by atoms with Gasteiger partial charge in [0.1, 0.15) is 5.75 Å². The largest absolute Gasteiger partial charge is 0.382 e. The molecule has 0 aromatic heterocycles. The highest BCUT2D eigenvalue weighted by Gasteiger charge is 2.14. The van der Waals surface area contributed by atoms with Crippen molar-refractivity contribution < 1.29 is 12.6 Å². The van der Waals surface area contributed by atoms with Crippen molar-refractivity contribution in [1.29, 1.82) is 0 Å². The molecule has 0 N–H and O–H groups in total. The van der Waals surface area contributed by atoms with Gasteiger partial charge in [0.25, 0.3) is 0 Å². The van der Waals surface area contributed by atoms with Crippen LogP contribution in [0.2, 0.25) is 0 Å². The fourth-order valence-corrected chi connectivity index (χ4v) is 3.66. The van der Waals surface area contributed by atoms with Gasteiger partial charge in [0, 0.05) is 0 Å². The lowest BCUT2D eigenvalue weighted by atomic mass is 10.0. The highest BCUT2D eigenvalue weighted by Crippen LogP contribution is 2.25. The number of aryl methyl sites for hydroxylation is 2. The molecule has 0 aliphatic carbocycles. The summed E-state index contributed by atoms with van der Waals surface area (Å²) >= 11 is 0. The molecule has 0 aliphatic rings. The standard InChI is InChI=1S/C19H32O3S/c1-4-7-9-11-17-13-14-19(22-23(20,21)15-6-3)18(16-17)12-10-8-5-2/h13-14,16H,4-12,15H2,1-3H3. The van der Waals surface area contributed by atoms with Gasteiger partial charge in [-0.3, -0.25) is 0 Å². The lowest BCUT2D eigenvalue weighted by Gasteiger charge is -2.13. The summed E-state index contributed by atoms with van der Waals surface area (Å²) in [6, 6.07) is 5.99. The monoisotopic (exact) mass is 340 g/mol. The normalized spacial score (nSPS) is 11.6. The van der Waals surface area contributed by atoms with Crippen molar-refractivity contribution in [2.45, 2.75) is 78.6 Å². The number of unbranched alkanes of at least 4 members (excludes halogenated alkanes) is 4. The summed E-state index contributed by atoms with van der Waals surface area (Å²) in [5.74, 6) is 0.591. The van der Waals surface area contributed by atoms with E-state index in [-0.39, 0.29) is 5.75 Å². The Bertz CT molecular complexity index is 550. The molecule has 0 aliphatic heterocycles. The lowest BCUT2D eigenvalue weighted by molar-refractivity contribution is 0.481. The molecule has 0 saturated carbocycles. The molecule has 1 aromatic carbocycles. The average molecular weight is 341 g/mol. The van der Waals surface area contributed by atoms with Crippen LogP contribution < -0.4 is 4.18 Å². The zero-order valence-electron chi connectivity index (χ0n) is 14.9. The first-order valence-electron chi connectivity index (χ1n) is 9.06. The maximum absolute atomic E-state index is 12.0. The third-order valence-electron chi connectivity index (χ3n) is 3.91. The van der Waals surface area contributed by atoms with E-state index in [1.807, 2.05) is 19.1 Å². The van der Waals surface area contributed by atoms with E-state index in [4.69, 9.17) is 4.18 Å². The van der Waals surface area contributed by atoms with Crippen molar-refractivity contribution in [3.63, 3.8) is 0 Å². The SMILES string of the molecule is CCCCCc1ccc(OS(=O)(=O)CCC)c(CCCCC)c1. The Morgan fingerprint density at radius 1 is 0.870 bits per heavy atom. The molecule has 0 spiro atoms. The van der Waals surface area contributed by atoms with Crippen LogP contribution in [-0.2, 0) is 23.0 Å². The van der Waals surface area contributed by atoms with Crippen LogP contribution in [0.4, 0.5) is 0 Å². The summed E-state index contributed by atoms with van der Waals surface area (Å²) in [7, 11) is -3.47. The van der Waals surface area contributed by atoms with E-state index in [1.165, 1.54) is 24.8 Å². The maximum atomic E-state index is 12.0. The summed E-state index contributed by atoms with van der Waals surface area (Å²) in [5, 5.41) is 0. The quantitative estimate of drug-likeness (QED) is 0.384. The molecule has 0 saturated heterocycles. The van der Waals surface area contributed by atoms with Crippen LogP contribution in [0.5, 0.6) is 5.75 Å². The summed E-state index contributed by atoms with van der Waals surface area (Å²) in [4.78, 5) is 0. The second kappa shape index (κ2) is 10.7. The number of rotatable bonds is 12. The van der Waals surface area contributed by atoms with Gasteiger partial charge in [-0.25, -0.2) is 0 Å². The van der Waals surface area contributed by atoms with Gasteiger partial charge in [0.05, 0.1) is 5.75 Å². The first-order chi connectivity index (χ1) is 11.0. The van der Waals surface area contributed by atoms with Crippen LogP contribution in [0.15, 0.2) is 18.2 Å². The van der Waals surface area contributed by atoms with E-state index in [1.54, 1.807) is 0 Å². The van der Waals surface area contributed by atoms with Crippen LogP contribution in [-0.4, -0.2) is 14.2 Å². The van der Waals surface area contributed by atoms with E-state index in [2.05, 4.69) is 19.9 Å². The molecule has 3 nitrogen and oxygen atoms in total. The van der Waals surface area contributed by atoms with E-state index in [9.17, 15) is 8.42 Å². The zero-order valence-corrected chi connectivity index (χ0v) is 15.8. The smallest absolute Gasteiger partial charge is 0.309 e. The lowest BCUT2D eigenvalue weighted by Crippen LogP contribution is -2.14. The van der Waals surface area contributed by atoms with Gasteiger partial charge in [-0.15, -0.1) is 0 Å². The minimum Gasteiger partial charge on any atom is -0.382 e. The Hall–Kier alpha value is -1.03. The predicted octanol–water partition coefficient (Wildman–Crippen LogP) is 5.27. The van der Waals surface area contributed by atoms with Crippen LogP contribution in [0.25, 0.3) is 0 Å². The number of benzene rings is 1. The van der Waals surface area contributed by atoms with Gasteiger partial charge in [0.15, 0.2) is 0 Å². The molecular weight excluding hydrogens is 308 g/mol. The van der Waals surface area contributed by atoms with E-state index < -0.39 is 10.1 Å². The van der Waals surface area contributed by atoms with Crippen molar-refractivity contribution in [2.75, 3.05) is 5.75 Å². The fraction of sp³-hybridized carbons (Fsp3) is 0.684. The molecule has 0 unspecified atom stereocenters. The molecule has 4 heteroatoms. The first-order valence-corrected chi connectivity index (χ1v) is 10.6. The summed E-state index contributed by atoms with van der Waals surface area (Å²) < 4.78 is 29.3. The van der Waals surface area contributed by atoms with Gasteiger partial charge >= 0.3 is 10.1 Å². The van der Waals surface area contributed by atoms with Gasteiger partial charge < -0.3 is 4.18 Å². The first kappa shape index (κ1) is 20.0.